The van der Waals surface area contributed by atoms with Crippen molar-refractivity contribution in [3.8, 4) is 0 Å². The van der Waals surface area contributed by atoms with Gasteiger partial charge in [0.1, 0.15) is 0 Å². The van der Waals surface area contributed by atoms with Gasteiger partial charge in [-0.1, -0.05) is 18.2 Å². The third kappa shape index (κ3) is 4.57. The second kappa shape index (κ2) is 6.99. The lowest BCUT2D eigenvalue weighted by Crippen LogP contribution is -1.97. The Labute approximate surface area is 121 Å². The third-order valence-electron chi connectivity index (χ3n) is 2.83. The number of nitrogens with two attached hydrogens (primary N) is 1. The molecule has 7 nitrogen and oxygen atoms in total. The number of rotatable bonds is 2. The van der Waals surface area contributed by atoms with Gasteiger partial charge < -0.3 is 5.73 Å². The Hall–Kier alpha value is -2.96. The summed E-state index contributed by atoms with van der Waals surface area (Å²) in [5.74, 6) is 0. The largest absolute Gasteiger partial charge is 0.399 e. The van der Waals surface area contributed by atoms with E-state index < -0.39 is 9.85 Å². The van der Waals surface area contributed by atoms with Crippen molar-refractivity contribution < 1.29 is 9.85 Å². The van der Waals surface area contributed by atoms with E-state index in [0.29, 0.717) is 11.1 Å². The van der Waals surface area contributed by atoms with Crippen LogP contribution in [0, 0.1) is 34.1 Å². The van der Waals surface area contributed by atoms with E-state index in [1.165, 1.54) is 6.07 Å². The minimum absolute atomic E-state index is 0.211. The maximum atomic E-state index is 10.5. The Morgan fingerprint density at radius 1 is 0.952 bits per heavy atom. The number of nitro benzene ring substituents is 2. The molecule has 0 atom stereocenters. The number of non-ortho nitro benzene ring substituents is 1. The van der Waals surface area contributed by atoms with Crippen LogP contribution in [-0.4, -0.2) is 9.85 Å². The highest BCUT2D eigenvalue weighted by atomic mass is 16.6. The molecule has 0 unspecified atom stereocenters. The molecule has 0 heterocycles. The highest BCUT2D eigenvalue weighted by Crippen LogP contribution is 2.26. The van der Waals surface area contributed by atoms with Crippen molar-refractivity contribution in [3.05, 3.63) is 73.8 Å². The lowest BCUT2D eigenvalue weighted by molar-refractivity contribution is -0.394. The summed E-state index contributed by atoms with van der Waals surface area (Å²) in [5.41, 5.74) is 6.72. The molecule has 0 spiro atoms. The second-order valence-corrected chi connectivity index (χ2v) is 4.33. The van der Waals surface area contributed by atoms with E-state index in [9.17, 15) is 20.2 Å². The fraction of sp³-hybridized carbons (Fsp3) is 0.143. The summed E-state index contributed by atoms with van der Waals surface area (Å²) in [5, 5.41) is 21.0. The van der Waals surface area contributed by atoms with Gasteiger partial charge in [-0.15, -0.1) is 0 Å². The van der Waals surface area contributed by atoms with Crippen molar-refractivity contribution in [2.45, 2.75) is 13.8 Å². The van der Waals surface area contributed by atoms with Crippen LogP contribution in [0.1, 0.15) is 11.1 Å². The van der Waals surface area contributed by atoms with Crippen LogP contribution in [0.2, 0.25) is 0 Å². The summed E-state index contributed by atoms with van der Waals surface area (Å²) < 4.78 is 0. The molecule has 0 aliphatic heterocycles. The van der Waals surface area contributed by atoms with E-state index in [0.717, 1.165) is 11.8 Å². The zero-order chi connectivity index (χ0) is 16.0. The molecule has 2 aromatic rings. The number of hydrogen-bond acceptors (Lipinski definition) is 5. The minimum Gasteiger partial charge on any atom is -0.399 e. The molecule has 2 N–H and O–H groups in total. The maximum absolute atomic E-state index is 10.5. The van der Waals surface area contributed by atoms with Crippen LogP contribution in [-0.2, 0) is 0 Å². The van der Waals surface area contributed by atoms with Gasteiger partial charge in [0, 0.05) is 17.3 Å². The van der Waals surface area contributed by atoms with Crippen LogP contribution in [0.3, 0.4) is 0 Å². The first-order valence-electron chi connectivity index (χ1n) is 6.03. The van der Waals surface area contributed by atoms with Crippen LogP contribution in [0.5, 0.6) is 0 Å². The molecule has 7 heteroatoms. The van der Waals surface area contributed by atoms with E-state index in [-0.39, 0.29) is 11.4 Å². The topological polar surface area (TPSA) is 112 Å². The van der Waals surface area contributed by atoms with Crippen LogP contribution < -0.4 is 5.73 Å². The molecule has 0 aliphatic carbocycles. The molecule has 0 fully saturated rings. The lowest BCUT2D eigenvalue weighted by atomic mass is 10.1. The Balaban J connectivity index is 0.000000262. The molecule has 0 aromatic heterocycles. The van der Waals surface area contributed by atoms with Crippen molar-refractivity contribution in [2.24, 2.45) is 0 Å². The van der Waals surface area contributed by atoms with Gasteiger partial charge in [0.05, 0.1) is 15.9 Å². The standard InChI is InChI=1S/C8H8N2O4.C6H7N/c1-5-3-7(9(11)12)4-8(6(5)2)10(13)14;7-6-4-2-1-3-5-6/h3-4H,1-2H3;1-5H,7H2. The maximum Gasteiger partial charge on any atom is 0.279 e. The van der Waals surface area contributed by atoms with Crippen molar-refractivity contribution in [3.63, 3.8) is 0 Å². The molecule has 0 saturated heterocycles. The fourth-order valence-electron chi connectivity index (χ4n) is 1.57. The molecule has 110 valence electrons. The summed E-state index contributed by atoms with van der Waals surface area (Å²) in [7, 11) is 0. The normalized spacial score (nSPS) is 9.43. The average molecular weight is 289 g/mol. The summed E-state index contributed by atoms with van der Waals surface area (Å²) in [6.07, 6.45) is 0. The highest BCUT2D eigenvalue weighted by molar-refractivity contribution is 5.52. The summed E-state index contributed by atoms with van der Waals surface area (Å²) >= 11 is 0. The summed E-state index contributed by atoms with van der Waals surface area (Å²) in [6.45, 7) is 3.17. The van der Waals surface area contributed by atoms with Gasteiger partial charge in [-0.2, -0.15) is 0 Å². The number of hydrogen-bond donors (Lipinski definition) is 1. The van der Waals surface area contributed by atoms with E-state index in [2.05, 4.69) is 0 Å². The van der Waals surface area contributed by atoms with E-state index in [1.54, 1.807) is 13.8 Å². The van der Waals surface area contributed by atoms with Gasteiger partial charge >= 0.3 is 0 Å². The van der Waals surface area contributed by atoms with E-state index in [1.807, 2.05) is 30.3 Å². The smallest absolute Gasteiger partial charge is 0.279 e. The van der Waals surface area contributed by atoms with Crippen LogP contribution >= 0.6 is 0 Å². The Kier molecular flexibility index (Phi) is 5.36. The minimum atomic E-state index is -0.639. The fourth-order valence-corrected chi connectivity index (χ4v) is 1.57. The molecule has 0 aliphatic rings. The number of nitrogen functional groups attached to an aromatic ring is 1. The van der Waals surface area contributed by atoms with E-state index in [4.69, 9.17) is 5.73 Å². The Morgan fingerprint density at radius 2 is 1.52 bits per heavy atom. The monoisotopic (exact) mass is 289 g/mol. The number of nitro groups is 2. The molecular formula is C14H15N3O4. The van der Waals surface area contributed by atoms with Gasteiger partial charge in [0.2, 0.25) is 0 Å². The van der Waals surface area contributed by atoms with Crippen molar-refractivity contribution in [2.75, 3.05) is 5.73 Å². The summed E-state index contributed by atoms with van der Waals surface area (Å²) in [6, 6.07) is 11.8. The number of benzene rings is 2. The first kappa shape index (κ1) is 16.1. The molecule has 0 radical (unpaired) electrons. The quantitative estimate of drug-likeness (QED) is 0.517. The predicted octanol–water partition coefficient (Wildman–Crippen LogP) is 3.39. The number of para-hydroxylation sites is 1. The second-order valence-electron chi connectivity index (χ2n) is 4.33. The highest BCUT2D eigenvalue weighted by Gasteiger charge is 2.18. The Bertz CT molecular complexity index is 657. The number of aryl methyl sites for hydroxylation is 1. The average Bonchev–Trinajstić information content (AvgIpc) is 2.42. The van der Waals surface area contributed by atoms with Gasteiger partial charge in [0.25, 0.3) is 11.4 Å². The first-order chi connectivity index (χ1) is 9.82. The van der Waals surface area contributed by atoms with Gasteiger partial charge in [-0.25, -0.2) is 0 Å². The van der Waals surface area contributed by atoms with Crippen LogP contribution in [0.25, 0.3) is 0 Å². The molecule has 2 aromatic carbocycles. The zero-order valence-electron chi connectivity index (χ0n) is 11.6. The number of anilines is 1. The number of nitrogens with zero attached hydrogens (tertiary/aromatic N) is 2. The molecule has 21 heavy (non-hydrogen) atoms. The molecular weight excluding hydrogens is 274 g/mol. The predicted molar refractivity (Wildman–Crippen MR) is 80.1 cm³/mol. The van der Waals surface area contributed by atoms with Crippen molar-refractivity contribution in [1.29, 1.82) is 0 Å². The Morgan fingerprint density at radius 3 is 1.90 bits per heavy atom. The van der Waals surface area contributed by atoms with Crippen molar-refractivity contribution >= 4 is 17.1 Å². The zero-order valence-corrected chi connectivity index (χ0v) is 11.6. The molecule has 0 bridgehead atoms. The van der Waals surface area contributed by atoms with Crippen LogP contribution in [0.15, 0.2) is 42.5 Å². The summed E-state index contributed by atoms with van der Waals surface area (Å²) in [4.78, 5) is 19.7. The first-order valence-corrected chi connectivity index (χ1v) is 6.03. The van der Waals surface area contributed by atoms with E-state index >= 15 is 0 Å². The molecule has 0 amide bonds. The van der Waals surface area contributed by atoms with Crippen molar-refractivity contribution in [1.82, 2.24) is 0 Å². The van der Waals surface area contributed by atoms with Gasteiger partial charge in [-0.05, 0) is 31.5 Å². The van der Waals surface area contributed by atoms with Gasteiger partial charge in [-0.3, -0.25) is 20.2 Å². The SMILES string of the molecule is Cc1cc([N+](=O)[O-])cc([N+](=O)[O-])c1C.Nc1ccccc1. The lowest BCUT2D eigenvalue weighted by Gasteiger charge is -2.00. The molecule has 0 saturated carbocycles. The van der Waals surface area contributed by atoms with Crippen LogP contribution in [0.4, 0.5) is 17.1 Å². The molecule has 2 rings (SSSR count). The van der Waals surface area contributed by atoms with Gasteiger partial charge in [0.15, 0.2) is 0 Å². The third-order valence-corrected chi connectivity index (χ3v) is 2.83.